The Hall–Kier alpha value is -4.47. The monoisotopic (exact) mass is 519 g/mol. The molecule has 3 rings (SSSR count). The van der Waals surface area contributed by atoms with Gasteiger partial charge in [0.1, 0.15) is 18.1 Å². The number of nitrogens with zero attached hydrogens (tertiary/aromatic N) is 4. The number of aromatic nitrogens is 2. The van der Waals surface area contributed by atoms with Gasteiger partial charge < -0.3 is 15.0 Å². The number of hydrogen-bond donors (Lipinski definition) is 1. The van der Waals surface area contributed by atoms with Crippen LogP contribution in [0, 0.1) is 10.1 Å². The smallest absolute Gasteiger partial charge is 0.269 e. The van der Waals surface area contributed by atoms with E-state index >= 15 is 0 Å². The number of ether oxygens (including phenoxy) is 1. The maximum atomic E-state index is 13.1. The van der Waals surface area contributed by atoms with Crippen LogP contribution in [0.2, 0.25) is 0 Å². The molecule has 0 radical (unpaired) electrons. The highest BCUT2D eigenvalue weighted by molar-refractivity contribution is 5.97. The minimum absolute atomic E-state index is 0.0266. The van der Waals surface area contributed by atoms with E-state index in [1.54, 1.807) is 30.0 Å². The molecule has 0 aliphatic carbocycles. The molecule has 0 saturated heterocycles. The number of carbonyl (C=O) groups is 2. The van der Waals surface area contributed by atoms with Crippen LogP contribution < -0.4 is 10.1 Å². The molecule has 0 unspecified atom stereocenters. The zero-order valence-electron chi connectivity index (χ0n) is 22.3. The van der Waals surface area contributed by atoms with E-state index in [4.69, 9.17) is 9.84 Å². The highest BCUT2D eigenvalue weighted by Gasteiger charge is 2.22. The summed E-state index contributed by atoms with van der Waals surface area (Å²) in [4.78, 5) is 37.7. The van der Waals surface area contributed by atoms with Crippen molar-refractivity contribution >= 4 is 29.4 Å². The number of hydrogen-bond acceptors (Lipinski definition) is 6. The number of amides is 2. The molecular formula is C28H33N5O5. The average Bonchev–Trinajstić information content (AvgIpc) is 3.31. The summed E-state index contributed by atoms with van der Waals surface area (Å²) in [6, 6.07) is 15.0. The number of benzene rings is 2. The van der Waals surface area contributed by atoms with E-state index in [0.717, 1.165) is 11.4 Å². The predicted octanol–water partition coefficient (Wildman–Crippen LogP) is 4.98. The molecule has 0 atom stereocenters. The Balaban J connectivity index is 1.77. The number of carbonyl (C=O) groups excluding carboxylic acids is 2. The zero-order chi connectivity index (χ0) is 27.9. The second-order valence-electron chi connectivity index (χ2n) is 9.76. The van der Waals surface area contributed by atoms with Gasteiger partial charge in [0, 0.05) is 36.2 Å². The van der Waals surface area contributed by atoms with Gasteiger partial charge in [-0.1, -0.05) is 27.7 Å². The van der Waals surface area contributed by atoms with E-state index in [2.05, 4.69) is 5.32 Å². The molecule has 0 fully saturated rings. The number of nitro groups is 1. The molecule has 38 heavy (non-hydrogen) atoms. The van der Waals surface area contributed by atoms with Gasteiger partial charge in [-0.05, 0) is 54.5 Å². The first kappa shape index (κ1) is 28.1. The lowest BCUT2D eigenvalue weighted by atomic mass is 9.92. The molecule has 10 heteroatoms. The number of methoxy groups -OCH3 is 1. The lowest BCUT2D eigenvalue weighted by Crippen LogP contribution is -2.37. The third kappa shape index (κ3) is 7.28. The second kappa shape index (κ2) is 12.2. The van der Waals surface area contributed by atoms with Crippen LogP contribution in [0.1, 0.15) is 45.4 Å². The highest BCUT2D eigenvalue weighted by atomic mass is 16.6. The van der Waals surface area contributed by atoms with Crippen molar-refractivity contribution in [3.05, 3.63) is 82.0 Å². The first-order valence-electron chi connectivity index (χ1n) is 12.3. The van der Waals surface area contributed by atoms with Crippen LogP contribution in [-0.4, -0.2) is 51.6 Å². The van der Waals surface area contributed by atoms with Crippen molar-refractivity contribution in [1.29, 1.82) is 0 Å². The number of rotatable bonds is 10. The fourth-order valence-corrected chi connectivity index (χ4v) is 3.63. The third-order valence-electron chi connectivity index (χ3n) is 5.72. The predicted molar refractivity (Wildman–Crippen MR) is 146 cm³/mol. The van der Waals surface area contributed by atoms with Crippen LogP contribution >= 0.6 is 0 Å². The average molecular weight is 520 g/mol. The first-order valence-corrected chi connectivity index (χ1v) is 12.3. The molecule has 1 N–H and O–H groups in total. The maximum absolute atomic E-state index is 13.1. The van der Waals surface area contributed by atoms with Gasteiger partial charge in [0.2, 0.25) is 11.8 Å². The quantitative estimate of drug-likeness (QED) is 0.229. The minimum atomic E-state index is -0.481. The van der Waals surface area contributed by atoms with Gasteiger partial charge in [0.05, 0.1) is 23.4 Å². The number of nitro benzene ring substituents is 1. The van der Waals surface area contributed by atoms with Crippen molar-refractivity contribution in [3.8, 4) is 11.4 Å². The summed E-state index contributed by atoms with van der Waals surface area (Å²) in [6.07, 6.45) is 3.60. The Morgan fingerprint density at radius 2 is 1.79 bits per heavy atom. The number of nitrogens with one attached hydrogen (secondary N) is 1. The summed E-state index contributed by atoms with van der Waals surface area (Å²) in [6.45, 7) is 8.29. The Labute approximate surface area is 222 Å². The molecule has 1 aromatic heterocycles. The van der Waals surface area contributed by atoms with Gasteiger partial charge in [0.25, 0.3) is 5.69 Å². The summed E-state index contributed by atoms with van der Waals surface area (Å²) in [7, 11) is 1.59. The standard InChI is InChI=1S/C28H33N5O5/c1-6-17-31(27(35)16-9-20-7-10-22(11-8-20)33(36)37)19-26(34)29-25-18-24(28(2,3)4)30-32(25)21-12-14-23(38-5)15-13-21/h7-16,18H,6,17,19H2,1-5H3,(H,29,34). The molecule has 2 aromatic carbocycles. The molecule has 0 aliphatic rings. The fourth-order valence-electron chi connectivity index (χ4n) is 3.63. The summed E-state index contributed by atoms with van der Waals surface area (Å²) in [5.74, 6) is 0.513. The van der Waals surface area contributed by atoms with Crippen molar-refractivity contribution in [2.45, 2.75) is 39.5 Å². The SMILES string of the molecule is CCCN(CC(=O)Nc1cc(C(C)(C)C)nn1-c1ccc(OC)cc1)C(=O)C=Cc1ccc([N+](=O)[O-])cc1. The molecule has 0 aliphatic heterocycles. The minimum Gasteiger partial charge on any atom is -0.497 e. The lowest BCUT2D eigenvalue weighted by Gasteiger charge is -2.20. The van der Waals surface area contributed by atoms with E-state index in [0.29, 0.717) is 30.1 Å². The lowest BCUT2D eigenvalue weighted by molar-refractivity contribution is -0.384. The van der Waals surface area contributed by atoms with Crippen molar-refractivity contribution in [3.63, 3.8) is 0 Å². The normalized spacial score (nSPS) is 11.4. The first-order chi connectivity index (χ1) is 18.0. The molecule has 3 aromatic rings. The summed E-state index contributed by atoms with van der Waals surface area (Å²) in [5, 5.41) is 18.5. The third-order valence-corrected chi connectivity index (χ3v) is 5.72. The van der Waals surface area contributed by atoms with E-state index in [1.165, 1.54) is 23.1 Å². The molecule has 200 valence electrons. The van der Waals surface area contributed by atoms with Crippen molar-refractivity contribution < 1.29 is 19.2 Å². The summed E-state index contributed by atoms with van der Waals surface area (Å²) >= 11 is 0. The molecule has 0 saturated carbocycles. The Kier molecular flexibility index (Phi) is 9.01. The van der Waals surface area contributed by atoms with Gasteiger partial charge >= 0.3 is 0 Å². The van der Waals surface area contributed by atoms with Crippen LogP contribution in [0.25, 0.3) is 11.8 Å². The summed E-state index contributed by atoms with van der Waals surface area (Å²) < 4.78 is 6.91. The van der Waals surface area contributed by atoms with Crippen molar-refractivity contribution in [2.75, 3.05) is 25.5 Å². The second-order valence-corrected chi connectivity index (χ2v) is 9.76. The molecule has 2 amide bonds. The molecule has 10 nitrogen and oxygen atoms in total. The van der Waals surface area contributed by atoms with Crippen LogP contribution in [0.5, 0.6) is 5.75 Å². The fraction of sp³-hybridized carbons (Fsp3) is 0.321. The Morgan fingerprint density at radius 1 is 1.13 bits per heavy atom. The van der Waals surface area contributed by atoms with Crippen molar-refractivity contribution in [1.82, 2.24) is 14.7 Å². The van der Waals surface area contributed by atoms with Gasteiger partial charge in [-0.2, -0.15) is 5.10 Å². The summed E-state index contributed by atoms with van der Waals surface area (Å²) in [5.41, 5.74) is 1.92. The van der Waals surface area contributed by atoms with Gasteiger partial charge in [0.15, 0.2) is 0 Å². The Bertz CT molecular complexity index is 1300. The zero-order valence-corrected chi connectivity index (χ0v) is 22.3. The van der Waals surface area contributed by atoms with E-state index < -0.39 is 4.92 Å². The number of non-ortho nitro benzene ring substituents is 1. The van der Waals surface area contributed by atoms with Crippen LogP contribution in [0.3, 0.4) is 0 Å². The molecule has 0 bridgehead atoms. The van der Waals surface area contributed by atoms with E-state index in [1.807, 2.05) is 58.0 Å². The van der Waals surface area contributed by atoms with Gasteiger partial charge in [-0.25, -0.2) is 4.68 Å². The van der Waals surface area contributed by atoms with E-state index in [-0.39, 0.29) is 29.5 Å². The van der Waals surface area contributed by atoms with Gasteiger partial charge in [-0.15, -0.1) is 0 Å². The molecule has 0 spiro atoms. The largest absolute Gasteiger partial charge is 0.497 e. The molecule has 1 heterocycles. The van der Waals surface area contributed by atoms with Crippen LogP contribution in [0.4, 0.5) is 11.5 Å². The topological polar surface area (TPSA) is 120 Å². The van der Waals surface area contributed by atoms with Crippen LogP contribution in [-0.2, 0) is 15.0 Å². The number of anilines is 1. The maximum Gasteiger partial charge on any atom is 0.269 e. The van der Waals surface area contributed by atoms with Crippen molar-refractivity contribution in [2.24, 2.45) is 0 Å². The van der Waals surface area contributed by atoms with E-state index in [9.17, 15) is 19.7 Å². The van der Waals surface area contributed by atoms with Gasteiger partial charge in [-0.3, -0.25) is 19.7 Å². The Morgan fingerprint density at radius 3 is 2.34 bits per heavy atom. The molecular weight excluding hydrogens is 486 g/mol. The highest BCUT2D eigenvalue weighted by Crippen LogP contribution is 2.27. The van der Waals surface area contributed by atoms with Crippen LogP contribution in [0.15, 0.2) is 60.7 Å².